The van der Waals surface area contributed by atoms with Crippen molar-refractivity contribution < 1.29 is 9.53 Å². The molecule has 0 radical (unpaired) electrons. The van der Waals surface area contributed by atoms with E-state index in [0.29, 0.717) is 30.6 Å². The maximum atomic E-state index is 12.8. The van der Waals surface area contributed by atoms with Gasteiger partial charge in [-0.2, -0.15) is 0 Å². The molecule has 0 fully saturated rings. The van der Waals surface area contributed by atoms with Crippen LogP contribution in [0.15, 0.2) is 77.9 Å². The van der Waals surface area contributed by atoms with Crippen molar-refractivity contribution in [2.45, 2.75) is 33.2 Å². The first-order valence-corrected chi connectivity index (χ1v) is 10.4. The predicted octanol–water partition coefficient (Wildman–Crippen LogP) is 5.00. The van der Waals surface area contributed by atoms with Crippen molar-refractivity contribution in [3.63, 3.8) is 0 Å². The molecule has 1 amide bonds. The number of nitrogens with one attached hydrogen (secondary N) is 2. The zero-order valence-corrected chi connectivity index (χ0v) is 18.1. The van der Waals surface area contributed by atoms with Gasteiger partial charge < -0.3 is 10.1 Å². The molecule has 0 bridgehead atoms. The van der Waals surface area contributed by atoms with Gasteiger partial charge in [0.2, 0.25) is 5.96 Å². The van der Waals surface area contributed by atoms with Crippen LogP contribution in [0.4, 0.5) is 5.69 Å². The number of hydrogen-bond donors (Lipinski definition) is 2. The molecule has 0 unspecified atom stereocenters. The number of pyridine rings is 1. The van der Waals surface area contributed by atoms with Gasteiger partial charge in [0, 0.05) is 17.4 Å². The molecule has 1 heterocycles. The maximum Gasteiger partial charge on any atom is 0.257 e. The average Bonchev–Trinajstić information content (AvgIpc) is 2.79. The number of benzene rings is 2. The van der Waals surface area contributed by atoms with Crippen molar-refractivity contribution in [2.24, 2.45) is 4.99 Å². The largest absolute Gasteiger partial charge is 0.494 e. The smallest absolute Gasteiger partial charge is 0.257 e. The molecule has 0 saturated carbocycles. The number of aromatic nitrogens is 1. The van der Waals surface area contributed by atoms with Crippen LogP contribution in [0.1, 0.15) is 48.3 Å². The van der Waals surface area contributed by atoms with Crippen LogP contribution in [0.5, 0.6) is 5.75 Å². The Labute approximate surface area is 183 Å². The Bertz CT molecular complexity index is 1020. The summed E-state index contributed by atoms with van der Waals surface area (Å²) in [6, 6.07) is 20.8. The maximum absolute atomic E-state index is 12.8. The third-order valence-corrected chi connectivity index (χ3v) is 4.60. The lowest BCUT2D eigenvalue weighted by molar-refractivity contribution is 0.0977. The number of nitrogens with zero attached hydrogens (tertiary/aromatic N) is 2. The van der Waals surface area contributed by atoms with Gasteiger partial charge in [-0.1, -0.05) is 32.0 Å². The van der Waals surface area contributed by atoms with E-state index in [1.54, 1.807) is 30.5 Å². The van der Waals surface area contributed by atoms with Crippen molar-refractivity contribution in [2.75, 3.05) is 11.9 Å². The highest BCUT2D eigenvalue weighted by Gasteiger charge is 2.11. The second-order valence-electron chi connectivity index (χ2n) is 7.30. The van der Waals surface area contributed by atoms with E-state index in [9.17, 15) is 4.79 Å². The van der Waals surface area contributed by atoms with Crippen molar-refractivity contribution in [1.82, 2.24) is 10.3 Å². The first-order chi connectivity index (χ1) is 15.0. The molecule has 0 aliphatic rings. The molecular formula is C25H28N4O2. The molecule has 3 aromatic rings. The molecule has 0 spiro atoms. The zero-order chi connectivity index (χ0) is 22.1. The summed E-state index contributed by atoms with van der Waals surface area (Å²) < 4.78 is 5.44. The minimum atomic E-state index is -0.254. The number of anilines is 1. The minimum Gasteiger partial charge on any atom is -0.494 e. The van der Waals surface area contributed by atoms with E-state index in [4.69, 9.17) is 4.74 Å². The van der Waals surface area contributed by atoms with Gasteiger partial charge in [-0.25, -0.2) is 4.99 Å². The molecule has 6 heteroatoms. The van der Waals surface area contributed by atoms with Gasteiger partial charge in [-0.3, -0.25) is 15.1 Å². The Morgan fingerprint density at radius 3 is 2.55 bits per heavy atom. The van der Waals surface area contributed by atoms with Crippen LogP contribution in [0.25, 0.3) is 0 Å². The lowest BCUT2D eigenvalue weighted by atomic mass is 10.0. The Morgan fingerprint density at radius 2 is 1.87 bits per heavy atom. The molecule has 31 heavy (non-hydrogen) atoms. The number of carbonyl (C=O) groups is 1. The summed E-state index contributed by atoms with van der Waals surface area (Å²) in [6.07, 6.45) is 1.72. The molecule has 2 aromatic carbocycles. The predicted molar refractivity (Wildman–Crippen MR) is 125 cm³/mol. The molecule has 2 N–H and O–H groups in total. The van der Waals surface area contributed by atoms with E-state index in [2.05, 4.69) is 46.6 Å². The van der Waals surface area contributed by atoms with Crippen LogP contribution in [0.3, 0.4) is 0 Å². The molecular weight excluding hydrogens is 388 g/mol. The summed E-state index contributed by atoms with van der Waals surface area (Å²) >= 11 is 0. The van der Waals surface area contributed by atoms with E-state index >= 15 is 0 Å². The fourth-order valence-corrected chi connectivity index (χ4v) is 2.92. The minimum absolute atomic E-state index is 0.254. The molecule has 0 atom stereocenters. The monoisotopic (exact) mass is 416 g/mol. The van der Waals surface area contributed by atoms with Crippen molar-refractivity contribution >= 4 is 17.6 Å². The van der Waals surface area contributed by atoms with E-state index in [0.717, 1.165) is 17.1 Å². The summed E-state index contributed by atoms with van der Waals surface area (Å²) in [4.78, 5) is 21.7. The van der Waals surface area contributed by atoms with Crippen LogP contribution in [0.2, 0.25) is 0 Å². The van der Waals surface area contributed by atoms with Crippen molar-refractivity contribution in [3.8, 4) is 5.75 Å². The Morgan fingerprint density at radius 1 is 1.06 bits per heavy atom. The van der Waals surface area contributed by atoms with Gasteiger partial charge in [-0.05, 0) is 66.9 Å². The lowest BCUT2D eigenvalue weighted by Crippen LogP contribution is -2.36. The first kappa shape index (κ1) is 22.0. The average molecular weight is 417 g/mol. The number of amides is 1. The summed E-state index contributed by atoms with van der Waals surface area (Å²) in [7, 11) is 0. The fraction of sp³-hybridized carbons (Fsp3) is 0.240. The normalized spacial score (nSPS) is 11.3. The molecule has 6 nitrogen and oxygen atoms in total. The Balaban J connectivity index is 1.79. The standard InChI is InChI=1S/C25H28N4O2/c1-4-31-23-13-11-19(12-14-23)24(30)29-25(27-17-22-9-5-6-15-26-22)28-21-10-7-8-20(16-21)18(2)3/h5-16,18H,4,17H2,1-3H3,(H2,27,28,29,30). The summed E-state index contributed by atoms with van der Waals surface area (Å²) in [5.74, 6) is 1.24. The van der Waals surface area contributed by atoms with Crippen LogP contribution in [-0.2, 0) is 6.54 Å². The van der Waals surface area contributed by atoms with Gasteiger partial charge in [0.25, 0.3) is 5.91 Å². The van der Waals surface area contributed by atoms with Gasteiger partial charge >= 0.3 is 0 Å². The second-order valence-corrected chi connectivity index (χ2v) is 7.30. The van der Waals surface area contributed by atoms with Crippen LogP contribution in [0, 0.1) is 0 Å². The number of rotatable bonds is 7. The summed E-state index contributed by atoms with van der Waals surface area (Å²) in [5, 5.41) is 6.13. The number of aliphatic imine (C=N–C) groups is 1. The molecule has 3 rings (SSSR count). The fourth-order valence-electron chi connectivity index (χ4n) is 2.92. The first-order valence-electron chi connectivity index (χ1n) is 10.4. The number of carbonyl (C=O) groups excluding carboxylic acids is 1. The topological polar surface area (TPSA) is 75.6 Å². The third-order valence-electron chi connectivity index (χ3n) is 4.60. The van der Waals surface area contributed by atoms with Crippen molar-refractivity contribution in [1.29, 1.82) is 0 Å². The number of ether oxygens (including phenoxy) is 1. The Kier molecular flexibility index (Phi) is 7.76. The lowest BCUT2D eigenvalue weighted by Gasteiger charge is -2.14. The molecule has 0 aliphatic heterocycles. The van der Waals surface area contributed by atoms with E-state index < -0.39 is 0 Å². The SMILES string of the molecule is CCOc1ccc(C(=O)NC(=NCc2ccccn2)Nc2cccc(C(C)C)c2)cc1. The van der Waals surface area contributed by atoms with Crippen molar-refractivity contribution in [3.05, 3.63) is 89.7 Å². The quantitative estimate of drug-likeness (QED) is 0.420. The molecule has 0 aliphatic carbocycles. The van der Waals surface area contributed by atoms with E-state index in [-0.39, 0.29) is 5.91 Å². The van der Waals surface area contributed by atoms with Crippen LogP contribution in [-0.4, -0.2) is 23.5 Å². The number of guanidine groups is 1. The Hall–Kier alpha value is -3.67. The summed E-state index contributed by atoms with van der Waals surface area (Å²) in [5.41, 5.74) is 3.39. The highest BCUT2D eigenvalue weighted by molar-refractivity contribution is 6.10. The highest BCUT2D eigenvalue weighted by atomic mass is 16.5. The molecule has 0 saturated heterocycles. The van der Waals surface area contributed by atoms with Gasteiger partial charge in [0.1, 0.15) is 5.75 Å². The zero-order valence-electron chi connectivity index (χ0n) is 18.1. The highest BCUT2D eigenvalue weighted by Crippen LogP contribution is 2.18. The van der Waals surface area contributed by atoms with Crippen LogP contribution < -0.4 is 15.4 Å². The third kappa shape index (κ3) is 6.67. The summed E-state index contributed by atoms with van der Waals surface area (Å²) in [6.45, 7) is 7.13. The van der Waals surface area contributed by atoms with Gasteiger partial charge in [0.15, 0.2) is 0 Å². The van der Waals surface area contributed by atoms with Crippen LogP contribution >= 0.6 is 0 Å². The second kappa shape index (κ2) is 10.9. The van der Waals surface area contributed by atoms with Gasteiger partial charge in [0.05, 0.1) is 18.8 Å². The number of hydrogen-bond acceptors (Lipinski definition) is 4. The molecule has 1 aromatic heterocycles. The van der Waals surface area contributed by atoms with E-state index in [1.165, 1.54) is 5.56 Å². The molecule has 160 valence electrons. The van der Waals surface area contributed by atoms with Gasteiger partial charge in [-0.15, -0.1) is 0 Å². The van der Waals surface area contributed by atoms with E-state index in [1.807, 2.05) is 37.3 Å².